The average Bonchev–Trinajstić information content (AvgIpc) is 3.96. The van der Waals surface area contributed by atoms with E-state index in [1.165, 1.54) is 53.2 Å². The number of thiophene rings is 1. The zero-order valence-corrected chi connectivity index (χ0v) is 31.4. The van der Waals surface area contributed by atoms with Gasteiger partial charge >= 0.3 is 0 Å². The van der Waals surface area contributed by atoms with Gasteiger partial charge in [0.1, 0.15) is 23.2 Å². The molecular formula is C51H32N4OS. The van der Waals surface area contributed by atoms with Crippen molar-refractivity contribution in [1.29, 1.82) is 0 Å². The van der Waals surface area contributed by atoms with E-state index in [-0.39, 0.29) is 6.17 Å². The summed E-state index contributed by atoms with van der Waals surface area (Å²) in [4.78, 5) is 10.2. The first-order valence-corrected chi connectivity index (χ1v) is 20.0. The number of para-hydroxylation sites is 2. The second-order valence-electron chi connectivity index (χ2n) is 14.5. The monoisotopic (exact) mass is 748 g/mol. The van der Waals surface area contributed by atoms with E-state index in [9.17, 15) is 0 Å². The number of hydrogen-bond acceptors (Lipinski definition) is 5. The van der Waals surface area contributed by atoms with Gasteiger partial charge in [0.05, 0.1) is 21.4 Å². The van der Waals surface area contributed by atoms with Crippen LogP contribution in [0.3, 0.4) is 0 Å². The molecule has 4 heterocycles. The molecule has 3 aromatic heterocycles. The van der Waals surface area contributed by atoms with Crippen LogP contribution in [0.1, 0.15) is 22.9 Å². The highest BCUT2D eigenvalue weighted by Crippen LogP contribution is 2.46. The van der Waals surface area contributed by atoms with E-state index >= 15 is 0 Å². The Labute approximate surface area is 331 Å². The minimum absolute atomic E-state index is 0.274. The first-order chi connectivity index (χ1) is 28.3. The molecule has 0 fully saturated rings. The Bertz CT molecular complexity index is 3390. The molecule has 1 unspecified atom stereocenters. The summed E-state index contributed by atoms with van der Waals surface area (Å²) < 4.78 is 11.6. The fourth-order valence-electron chi connectivity index (χ4n) is 8.69. The fourth-order valence-corrected chi connectivity index (χ4v) is 10.0. The number of fused-ring (bicyclic) bond motifs is 9. The second kappa shape index (κ2) is 12.6. The van der Waals surface area contributed by atoms with Gasteiger partial charge in [-0.15, -0.1) is 11.3 Å². The Hall–Kier alpha value is -7.28. The first-order valence-electron chi connectivity index (χ1n) is 19.2. The normalized spacial score (nSPS) is 14.5. The van der Waals surface area contributed by atoms with E-state index in [0.29, 0.717) is 5.84 Å². The molecule has 0 bridgehead atoms. The van der Waals surface area contributed by atoms with Gasteiger partial charge in [-0.25, -0.2) is 9.98 Å². The molecular weight excluding hydrogens is 717 g/mol. The standard InChI is InChI=1S/C51H32N4OS/c1-3-14-31(15-4-1)49-52-50(32-16-5-2-6-17-32)54-51(53-49)33-28-29-40-45(30-33)56-44-27-13-20-36(46(40)44)37-21-11-22-38-39-23-12-26-43(48(39)57-47(37)38)55-41-24-9-7-18-34(41)35-19-8-10-25-42(35)55/h1-30,49H,(H,52,53,54). The zero-order chi connectivity index (χ0) is 37.5. The van der Waals surface area contributed by atoms with Crippen molar-refractivity contribution in [2.45, 2.75) is 6.17 Å². The smallest absolute Gasteiger partial charge is 0.159 e. The van der Waals surface area contributed by atoms with Crippen molar-refractivity contribution in [2.24, 2.45) is 9.98 Å². The topological polar surface area (TPSA) is 54.8 Å². The van der Waals surface area contributed by atoms with E-state index < -0.39 is 0 Å². The van der Waals surface area contributed by atoms with Crippen LogP contribution in [-0.4, -0.2) is 16.2 Å². The maximum atomic E-state index is 6.67. The van der Waals surface area contributed by atoms with E-state index in [4.69, 9.17) is 14.4 Å². The predicted octanol–water partition coefficient (Wildman–Crippen LogP) is 13.2. The third-order valence-corrected chi connectivity index (χ3v) is 12.6. The van der Waals surface area contributed by atoms with Crippen LogP contribution in [0.2, 0.25) is 0 Å². The number of nitrogens with one attached hydrogen (secondary N) is 1. The van der Waals surface area contributed by atoms with Crippen LogP contribution in [0.25, 0.3) is 80.7 Å². The van der Waals surface area contributed by atoms with Gasteiger partial charge in [-0.2, -0.15) is 0 Å². The van der Waals surface area contributed by atoms with E-state index in [1.807, 2.05) is 47.7 Å². The lowest BCUT2D eigenvalue weighted by Gasteiger charge is -2.23. The van der Waals surface area contributed by atoms with Gasteiger partial charge in [0.2, 0.25) is 0 Å². The van der Waals surface area contributed by atoms with Crippen LogP contribution < -0.4 is 5.32 Å². The Morgan fingerprint density at radius 1 is 0.509 bits per heavy atom. The molecule has 0 saturated carbocycles. The summed E-state index contributed by atoms with van der Waals surface area (Å²) in [6, 6.07) is 64.2. The molecule has 11 aromatic rings. The Kier molecular flexibility index (Phi) is 7.09. The number of aromatic nitrogens is 1. The highest BCUT2D eigenvalue weighted by atomic mass is 32.1. The Balaban J connectivity index is 1.02. The molecule has 1 N–H and O–H groups in total. The van der Waals surface area contributed by atoms with Crippen molar-refractivity contribution in [3.05, 3.63) is 199 Å². The lowest BCUT2D eigenvalue weighted by molar-refractivity contribution is 0.667. The Morgan fingerprint density at radius 3 is 1.95 bits per heavy atom. The summed E-state index contributed by atoms with van der Waals surface area (Å²) in [5.74, 6) is 1.46. The van der Waals surface area contributed by atoms with Crippen molar-refractivity contribution in [2.75, 3.05) is 0 Å². The van der Waals surface area contributed by atoms with Gasteiger partial charge in [-0.3, -0.25) is 0 Å². The van der Waals surface area contributed by atoms with Crippen LogP contribution in [0.15, 0.2) is 196 Å². The highest BCUT2D eigenvalue weighted by Gasteiger charge is 2.23. The molecule has 8 aromatic carbocycles. The Morgan fingerprint density at radius 2 is 1.16 bits per heavy atom. The van der Waals surface area contributed by atoms with Crippen molar-refractivity contribution in [3.8, 4) is 16.8 Å². The molecule has 0 aliphatic carbocycles. The van der Waals surface area contributed by atoms with Gasteiger partial charge in [-0.1, -0.05) is 146 Å². The quantitative estimate of drug-likeness (QED) is 0.191. The number of amidine groups is 2. The molecule has 12 rings (SSSR count). The molecule has 1 atom stereocenters. The van der Waals surface area contributed by atoms with Crippen LogP contribution in [0.4, 0.5) is 0 Å². The van der Waals surface area contributed by atoms with Gasteiger partial charge in [-0.05, 0) is 47.5 Å². The van der Waals surface area contributed by atoms with Crippen molar-refractivity contribution >= 4 is 86.9 Å². The number of aliphatic imine (C=N–C) groups is 2. The van der Waals surface area contributed by atoms with Crippen LogP contribution in [0, 0.1) is 0 Å². The third kappa shape index (κ3) is 5.01. The van der Waals surface area contributed by atoms with E-state index in [1.54, 1.807) is 0 Å². The molecule has 1 aliphatic heterocycles. The van der Waals surface area contributed by atoms with Gasteiger partial charge in [0.25, 0.3) is 0 Å². The molecule has 5 nitrogen and oxygen atoms in total. The first kappa shape index (κ1) is 32.0. The number of rotatable bonds is 5. The largest absolute Gasteiger partial charge is 0.456 e. The number of furan rings is 1. The second-order valence-corrected chi connectivity index (χ2v) is 15.6. The highest BCUT2D eigenvalue weighted by molar-refractivity contribution is 7.26. The van der Waals surface area contributed by atoms with Gasteiger partial charge < -0.3 is 14.3 Å². The van der Waals surface area contributed by atoms with Crippen molar-refractivity contribution < 1.29 is 4.42 Å². The van der Waals surface area contributed by atoms with Crippen molar-refractivity contribution in [1.82, 2.24) is 9.88 Å². The number of nitrogens with zero attached hydrogens (tertiary/aromatic N) is 3. The fraction of sp³-hybridized carbons (Fsp3) is 0.0196. The molecule has 6 heteroatoms. The predicted molar refractivity (Wildman–Crippen MR) is 238 cm³/mol. The molecule has 268 valence electrons. The lowest BCUT2D eigenvalue weighted by atomic mass is 9.97. The molecule has 1 aliphatic rings. The van der Waals surface area contributed by atoms with Gasteiger partial charge in [0, 0.05) is 53.7 Å². The van der Waals surface area contributed by atoms with Gasteiger partial charge in [0.15, 0.2) is 5.84 Å². The van der Waals surface area contributed by atoms with Crippen LogP contribution >= 0.6 is 11.3 Å². The van der Waals surface area contributed by atoms with Crippen LogP contribution in [-0.2, 0) is 0 Å². The maximum absolute atomic E-state index is 6.67. The number of hydrogen-bond donors (Lipinski definition) is 1. The third-order valence-electron chi connectivity index (χ3n) is 11.3. The SMILES string of the molecule is c1ccc(C2=NC(c3ccc4c(c3)oc3cccc(-c5cccc6c5sc5c(-n7c8ccccc8c8ccccc87)cccc56)c34)=NC(c3ccccc3)N2)cc1. The molecule has 0 spiro atoms. The summed E-state index contributed by atoms with van der Waals surface area (Å²) in [5.41, 5.74) is 10.6. The van der Waals surface area contributed by atoms with E-state index in [0.717, 1.165) is 50.0 Å². The lowest BCUT2D eigenvalue weighted by Crippen LogP contribution is -2.33. The summed E-state index contributed by atoms with van der Waals surface area (Å²) in [5, 5.41) is 10.8. The maximum Gasteiger partial charge on any atom is 0.159 e. The summed E-state index contributed by atoms with van der Waals surface area (Å²) in [6.07, 6.45) is -0.274. The minimum Gasteiger partial charge on any atom is -0.456 e. The summed E-state index contributed by atoms with van der Waals surface area (Å²) in [6.45, 7) is 0. The minimum atomic E-state index is -0.274. The van der Waals surface area contributed by atoms with E-state index in [2.05, 4.69) is 155 Å². The molecule has 0 radical (unpaired) electrons. The van der Waals surface area contributed by atoms with Crippen LogP contribution in [0.5, 0.6) is 0 Å². The summed E-state index contributed by atoms with van der Waals surface area (Å²) >= 11 is 1.87. The molecule has 0 saturated heterocycles. The van der Waals surface area contributed by atoms with Crippen molar-refractivity contribution in [3.63, 3.8) is 0 Å². The molecule has 57 heavy (non-hydrogen) atoms. The average molecular weight is 749 g/mol. The molecule has 0 amide bonds. The zero-order valence-electron chi connectivity index (χ0n) is 30.6. The summed E-state index contributed by atoms with van der Waals surface area (Å²) in [7, 11) is 0. The number of benzene rings is 8.